The van der Waals surface area contributed by atoms with E-state index in [4.69, 9.17) is 4.74 Å². The number of esters is 1. The molecule has 0 saturated carbocycles. The Morgan fingerprint density at radius 1 is 0.830 bits per heavy atom. The van der Waals surface area contributed by atoms with Gasteiger partial charge in [0, 0.05) is 31.8 Å². The number of allylic oxidation sites excluding steroid dienone is 10. The molecule has 1 heterocycles. The summed E-state index contributed by atoms with van der Waals surface area (Å²) in [5.74, 6) is -1.10. The van der Waals surface area contributed by atoms with Gasteiger partial charge in [-0.25, -0.2) is 4.79 Å². The molecule has 47 heavy (non-hydrogen) atoms. The maximum Gasteiger partial charge on any atom is 0.329 e. The van der Waals surface area contributed by atoms with Crippen molar-refractivity contribution in [1.29, 1.82) is 0 Å². The molecule has 1 aromatic rings. The predicted octanol–water partition coefficient (Wildman–Crippen LogP) is 6.07. The smallest absolute Gasteiger partial charge is 0.329 e. The van der Waals surface area contributed by atoms with Crippen LogP contribution in [0.5, 0.6) is 0 Å². The molecule has 0 aliphatic rings. The Balaban J connectivity index is 2.25. The van der Waals surface area contributed by atoms with Crippen molar-refractivity contribution in [2.75, 3.05) is 19.8 Å². The number of ether oxygens (including phenoxy) is 1. The summed E-state index contributed by atoms with van der Waals surface area (Å²) in [7, 11) is 0. The second-order valence-electron chi connectivity index (χ2n) is 10.9. The summed E-state index contributed by atoms with van der Waals surface area (Å²) >= 11 is 0. The summed E-state index contributed by atoms with van der Waals surface area (Å²) in [6.07, 6.45) is 35.7. The van der Waals surface area contributed by atoms with Crippen molar-refractivity contribution in [3.8, 4) is 0 Å². The second kappa shape index (κ2) is 29.3. The number of aliphatic hydroxyl groups excluding tert-OH is 2. The van der Waals surface area contributed by atoms with E-state index < -0.39 is 31.3 Å². The number of carbonyl (C=O) groups is 3. The molecule has 1 atom stereocenters. The van der Waals surface area contributed by atoms with Gasteiger partial charge in [0.15, 0.2) is 0 Å². The number of pyridine rings is 1. The molecule has 4 N–H and O–H groups in total. The number of hydrogen-bond donors (Lipinski definition) is 4. The highest BCUT2D eigenvalue weighted by Gasteiger charge is 2.24. The fourth-order valence-electron chi connectivity index (χ4n) is 4.20. The van der Waals surface area contributed by atoms with Gasteiger partial charge in [-0.3, -0.25) is 14.6 Å². The van der Waals surface area contributed by atoms with Gasteiger partial charge in [-0.2, -0.15) is 0 Å². The van der Waals surface area contributed by atoms with Crippen LogP contribution in [-0.2, 0) is 19.1 Å². The topological polar surface area (TPSA) is 138 Å². The number of aromatic nitrogens is 1. The van der Waals surface area contributed by atoms with E-state index in [0.29, 0.717) is 32.2 Å². The van der Waals surface area contributed by atoms with E-state index in [2.05, 4.69) is 83.3 Å². The first-order valence-electron chi connectivity index (χ1n) is 16.8. The molecular formula is C38H55N3O6. The molecule has 1 aromatic heterocycles. The van der Waals surface area contributed by atoms with Crippen LogP contribution in [0.25, 0.3) is 6.08 Å². The summed E-state index contributed by atoms with van der Waals surface area (Å²) in [5, 5.41) is 24.1. The number of amides is 2. The highest BCUT2D eigenvalue weighted by Crippen LogP contribution is 2.07. The number of hydrogen-bond acceptors (Lipinski definition) is 7. The number of nitrogens with zero attached hydrogens (tertiary/aromatic N) is 1. The molecule has 2 amide bonds. The van der Waals surface area contributed by atoms with Crippen LogP contribution in [0.15, 0.2) is 91.4 Å². The molecule has 0 saturated heterocycles. The van der Waals surface area contributed by atoms with Gasteiger partial charge in [0.25, 0.3) is 0 Å². The van der Waals surface area contributed by atoms with E-state index in [9.17, 15) is 24.6 Å². The molecule has 0 fully saturated rings. The third-order valence-corrected chi connectivity index (χ3v) is 6.78. The molecule has 0 aliphatic heterocycles. The summed E-state index contributed by atoms with van der Waals surface area (Å²) in [6.45, 7) is 1.55. The number of nitrogens with one attached hydrogen (secondary N) is 2. The Labute approximate surface area is 281 Å². The number of unbranched alkanes of at least 4 members (excludes halogenated alkanes) is 2. The summed E-state index contributed by atoms with van der Waals surface area (Å²) in [6, 6.07) is 2.71. The summed E-state index contributed by atoms with van der Waals surface area (Å²) in [4.78, 5) is 41.3. The summed E-state index contributed by atoms with van der Waals surface area (Å²) in [5.41, 5.74) is 0.848. The maximum atomic E-state index is 12.6. The van der Waals surface area contributed by atoms with Crippen molar-refractivity contribution in [2.24, 2.45) is 0 Å². The Morgan fingerprint density at radius 2 is 1.47 bits per heavy atom. The molecule has 9 nitrogen and oxygen atoms in total. The van der Waals surface area contributed by atoms with Gasteiger partial charge in [0.05, 0.1) is 13.2 Å². The molecule has 0 bridgehead atoms. The van der Waals surface area contributed by atoms with Gasteiger partial charge in [-0.1, -0.05) is 85.9 Å². The fraction of sp³-hybridized carbons (Fsp3) is 0.474. The van der Waals surface area contributed by atoms with E-state index in [-0.39, 0.29) is 18.2 Å². The first-order valence-corrected chi connectivity index (χ1v) is 16.8. The van der Waals surface area contributed by atoms with Crippen LogP contribution in [0.3, 0.4) is 0 Å². The molecule has 9 heteroatoms. The van der Waals surface area contributed by atoms with E-state index >= 15 is 0 Å². The van der Waals surface area contributed by atoms with Crippen molar-refractivity contribution >= 4 is 23.9 Å². The predicted molar refractivity (Wildman–Crippen MR) is 189 cm³/mol. The first-order chi connectivity index (χ1) is 23.0. The van der Waals surface area contributed by atoms with Crippen LogP contribution in [0, 0.1) is 0 Å². The average molecular weight is 650 g/mol. The SMILES string of the molecule is CCC=CCC=CCC=CCC=CCC=CCCCC(=O)NCCCC[C@H](NC(=O)CC=Cc1cccnc1)C(=O)OC(CO)CO. The van der Waals surface area contributed by atoms with Crippen molar-refractivity contribution < 1.29 is 29.3 Å². The Bertz CT molecular complexity index is 1150. The minimum absolute atomic E-state index is 0.0178. The van der Waals surface area contributed by atoms with E-state index in [1.54, 1.807) is 30.6 Å². The standard InChI is InChI=1S/C38H55N3O6/c1-2-3-4-5-6-7-8-9-10-11-12-13-14-15-16-17-18-26-36(44)40-29-20-19-25-35(38(46)47-34(31-42)32-43)41-37(45)27-21-23-33-24-22-28-39-30-33/h3-4,6-7,9-10,12-13,15-16,21-24,28,30,34-35,42-43H,2,5,8,11,14,17-20,25-27,29,31-32H2,1H3,(H,40,44)(H,41,45)/t35-/m0/s1. The zero-order valence-electron chi connectivity index (χ0n) is 28.0. The largest absolute Gasteiger partial charge is 0.456 e. The van der Waals surface area contributed by atoms with Crippen LogP contribution in [0.4, 0.5) is 0 Å². The first kappa shape index (κ1) is 40.9. The van der Waals surface area contributed by atoms with Gasteiger partial charge in [0.1, 0.15) is 12.1 Å². The second-order valence-corrected chi connectivity index (χ2v) is 10.9. The lowest BCUT2D eigenvalue weighted by Gasteiger charge is -2.20. The lowest BCUT2D eigenvalue weighted by atomic mass is 10.1. The summed E-state index contributed by atoms with van der Waals surface area (Å²) < 4.78 is 5.14. The zero-order valence-corrected chi connectivity index (χ0v) is 28.0. The van der Waals surface area contributed by atoms with Gasteiger partial charge < -0.3 is 25.6 Å². The van der Waals surface area contributed by atoms with E-state index in [1.165, 1.54) is 0 Å². The third kappa shape index (κ3) is 23.9. The van der Waals surface area contributed by atoms with Crippen molar-refractivity contribution in [1.82, 2.24) is 15.6 Å². The third-order valence-electron chi connectivity index (χ3n) is 6.78. The van der Waals surface area contributed by atoms with Crippen molar-refractivity contribution in [3.05, 3.63) is 96.9 Å². The molecule has 0 aliphatic carbocycles. The van der Waals surface area contributed by atoms with E-state index in [0.717, 1.165) is 50.5 Å². The molecule has 0 unspecified atom stereocenters. The minimum atomic E-state index is -1.05. The lowest BCUT2D eigenvalue weighted by Crippen LogP contribution is -2.43. The lowest BCUT2D eigenvalue weighted by molar-refractivity contribution is -0.157. The molecule has 258 valence electrons. The van der Waals surface area contributed by atoms with Crippen LogP contribution in [-0.4, -0.2) is 64.9 Å². The maximum absolute atomic E-state index is 12.6. The quantitative estimate of drug-likeness (QED) is 0.0543. The fourth-order valence-corrected chi connectivity index (χ4v) is 4.20. The number of rotatable bonds is 26. The Hall–Kier alpha value is -4.08. The van der Waals surface area contributed by atoms with Gasteiger partial charge in [0.2, 0.25) is 11.8 Å². The van der Waals surface area contributed by atoms with Gasteiger partial charge in [-0.15, -0.1) is 0 Å². The molecular weight excluding hydrogens is 594 g/mol. The van der Waals surface area contributed by atoms with Gasteiger partial charge >= 0.3 is 5.97 Å². The van der Waals surface area contributed by atoms with Crippen LogP contribution in [0.2, 0.25) is 0 Å². The monoisotopic (exact) mass is 649 g/mol. The highest BCUT2D eigenvalue weighted by atomic mass is 16.6. The van der Waals surface area contributed by atoms with Crippen LogP contribution < -0.4 is 10.6 Å². The molecule has 0 aromatic carbocycles. The number of carbonyl (C=O) groups excluding carboxylic acids is 3. The van der Waals surface area contributed by atoms with Crippen LogP contribution in [0.1, 0.15) is 89.5 Å². The molecule has 1 rings (SSSR count). The van der Waals surface area contributed by atoms with E-state index in [1.807, 2.05) is 6.07 Å². The number of aliphatic hydroxyl groups is 2. The molecule has 0 spiro atoms. The van der Waals surface area contributed by atoms with Crippen molar-refractivity contribution in [2.45, 2.75) is 96.1 Å². The minimum Gasteiger partial charge on any atom is -0.456 e. The zero-order chi connectivity index (χ0) is 34.2. The van der Waals surface area contributed by atoms with Crippen molar-refractivity contribution in [3.63, 3.8) is 0 Å². The Kier molecular flexibility index (Phi) is 25.6. The van der Waals surface area contributed by atoms with Crippen LogP contribution >= 0.6 is 0 Å². The molecule has 0 radical (unpaired) electrons. The normalized spacial score (nSPS) is 12.9. The highest BCUT2D eigenvalue weighted by molar-refractivity contribution is 5.85. The van der Waals surface area contributed by atoms with Gasteiger partial charge in [-0.05, 0) is 75.8 Å². The average Bonchev–Trinajstić information content (AvgIpc) is 3.08. The Morgan fingerprint density at radius 3 is 2.06 bits per heavy atom.